The zero-order valence-electron chi connectivity index (χ0n) is 13.2. The minimum atomic E-state index is -1.18. The summed E-state index contributed by atoms with van der Waals surface area (Å²) in [4.78, 5) is 0. The molecule has 3 aliphatic carbocycles. The Bertz CT molecular complexity index is 319. The Hall–Kier alpha value is 0.392. The molecule has 0 saturated heterocycles. The van der Waals surface area contributed by atoms with Gasteiger partial charge in [-0.25, -0.2) is 8.78 Å². The lowest BCUT2D eigenvalue weighted by Gasteiger charge is -2.41. The van der Waals surface area contributed by atoms with E-state index in [2.05, 4.69) is 16.3 Å². The minimum absolute atomic E-state index is 0.0254. The molecule has 3 heteroatoms. The summed E-state index contributed by atoms with van der Waals surface area (Å²) in [5.41, 5.74) is 0. The van der Waals surface area contributed by atoms with Crippen LogP contribution in [0.2, 0.25) is 4.78 Å². The van der Waals surface area contributed by atoms with Gasteiger partial charge in [-0.05, 0) is 62.2 Å². The quantitative estimate of drug-likeness (QED) is 0.598. The van der Waals surface area contributed by atoms with E-state index in [1.807, 2.05) is 0 Å². The van der Waals surface area contributed by atoms with Gasteiger partial charge in [0.1, 0.15) is 28.6 Å². The molecule has 3 fully saturated rings. The number of halogens is 2. The summed E-state index contributed by atoms with van der Waals surface area (Å²) in [7, 11) is 0. The third kappa shape index (κ3) is 3.84. The van der Waals surface area contributed by atoms with Gasteiger partial charge < -0.3 is 0 Å². The van der Waals surface area contributed by atoms with Gasteiger partial charge in [0, 0.05) is 0 Å². The highest BCUT2D eigenvalue weighted by atomic mass is 27.0. The number of hydrogen-bond acceptors (Lipinski definition) is 0. The maximum absolute atomic E-state index is 14.1. The highest BCUT2D eigenvalue weighted by Gasteiger charge is 2.40. The third-order valence-corrected chi connectivity index (χ3v) is 7.34. The Morgan fingerprint density at radius 3 is 1.76 bits per heavy atom. The van der Waals surface area contributed by atoms with E-state index < -0.39 is 12.3 Å². The molecule has 3 aliphatic rings. The van der Waals surface area contributed by atoms with Crippen LogP contribution < -0.4 is 0 Å². The van der Waals surface area contributed by atoms with Gasteiger partial charge in [-0.2, -0.15) is 0 Å². The van der Waals surface area contributed by atoms with Gasteiger partial charge in [0.15, 0.2) is 0 Å². The summed E-state index contributed by atoms with van der Waals surface area (Å²) >= 11 is 2.98. The van der Waals surface area contributed by atoms with Crippen molar-refractivity contribution in [2.75, 3.05) is 0 Å². The van der Waals surface area contributed by atoms with E-state index in [1.165, 1.54) is 38.5 Å². The molecule has 0 amide bonds. The van der Waals surface area contributed by atoms with Crippen LogP contribution in [0.25, 0.3) is 0 Å². The Labute approximate surface area is 136 Å². The molecular weight excluding hydrogens is 281 g/mol. The number of rotatable bonds is 2. The molecule has 0 aromatic heterocycles. The van der Waals surface area contributed by atoms with Gasteiger partial charge in [0.25, 0.3) is 0 Å². The Kier molecular flexibility index (Phi) is 5.66. The fraction of sp³-hybridized carbons (Fsp3) is 1.00. The first-order chi connectivity index (χ1) is 10.1. The van der Waals surface area contributed by atoms with E-state index in [0.717, 1.165) is 42.3 Å². The van der Waals surface area contributed by atoms with Gasteiger partial charge in [-0.3, -0.25) is 0 Å². The highest BCUT2D eigenvalue weighted by Crippen LogP contribution is 2.46. The van der Waals surface area contributed by atoms with Crippen molar-refractivity contribution >= 4 is 16.3 Å². The lowest BCUT2D eigenvalue weighted by atomic mass is 9.66. The molecule has 3 saturated carbocycles. The number of alkyl halides is 2. The van der Waals surface area contributed by atoms with Gasteiger partial charge in [-0.1, -0.05) is 32.1 Å². The van der Waals surface area contributed by atoms with Crippen LogP contribution in [0.3, 0.4) is 0 Å². The molecule has 0 aromatic carbocycles. The predicted octanol–water partition coefficient (Wildman–Crippen LogP) is 5.42. The summed E-state index contributed by atoms with van der Waals surface area (Å²) in [6.07, 6.45) is 10.3. The van der Waals surface area contributed by atoms with E-state index in [0.29, 0.717) is 12.3 Å². The van der Waals surface area contributed by atoms with Crippen molar-refractivity contribution in [1.29, 1.82) is 0 Å². The summed E-state index contributed by atoms with van der Waals surface area (Å²) in [6.45, 7) is 0. The number of hydrogen-bond donors (Lipinski definition) is 0. The molecule has 118 valence electrons. The average molecular weight is 310 g/mol. The van der Waals surface area contributed by atoms with E-state index in [4.69, 9.17) is 0 Å². The lowest BCUT2D eigenvalue weighted by Crippen LogP contribution is -2.38. The normalized spacial score (nSPS) is 49.0. The Morgan fingerprint density at radius 2 is 1.14 bits per heavy atom. The first-order valence-corrected chi connectivity index (χ1v) is 9.85. The summed E-state index contributed by atoms with van der Waals surface area (Å²) < 4.78 is 28.6. The van der Waals surface area contributed by atoms with Crippen LogP contribution in [-0.2, 0) is 0 Å². The first kappa shape index (κ1) is 16.3. The van der Waals surface area contributed by atoms with Crippen LogP contribution in [-0.4, -0.2) is 28.6 Å². The van der Waals surface area contributed by atoms with Gasteiger partial charge >= 0.3 is 0 Å². The van der Waals surface area contributed by atoms with Crippen molar-refractivity contribution < 1.29 is 8.78 Å². The van der Waals surface area contributed by atoms with Crippen LogP contribution in [0.1, 0.15) is 70.6 Å². The highest BCUT2D eigenvalue weighted by molar-refractivity contribution is 6.11. The van der Waals surface area contributed by atoms with E-state index in [1.54, 1.807) is 0 Å². The average Bonchev–Trinajstić information content (AvgIpc) is 2.51. The molecular formula is C18H29AlF2. The Balaban J connectivity index is 1.48. The van der Waals surface area contributed by atoms with Crippen LogP contribution in [0.4, 0.5) is 8.78 Å². The molecule has 0 heterocycles. The zero-order chi connectivity index (χ0) is 14.8. The van der Waals surface area contributed by atoms with Crippen LogP contribution in [0.5, 0.6) is 0 Å². The van der Waals surface area contributed by atoms with Crippen LogP contribution >= 0.6 is 0 Å². The molecule has 21 heavy (non-hydrogen) atoms. The van der Waals surface area contributed by atoms with E-state index in [9.17, 15) is 8.78 Å². The second kappa shape index (κ2) is 7.31. The van der Waals surface area contributed by atoms with Crippen molar-refractivity contribution in [3.8, 4) is 0 Å². The SMILES string of the molecule is FC1CCCC(C2CCC(C3CC[CH]([Al])CC3)CC2)C1F. The summed E-state index contributed by atoms with van der Waals surface area (Å²) in [5.74, 6) is 2.29. The van der Waals surface area contributed by atoms with Crippen LogP contribution in [0, 0.1) is 23.7 Å². The van der Waals surface area contributed by atoms with Crippen molar-refractivity contribution in [2.45, 2.75) is 87.8 Å². The van der Waals surface area contributed by atoms with Crippen molar-refractivity contribution in [3.63, 3.8) is 0 Å². The maximum atomic E-state index is 14.1. The molecule has 3 unspecified atom stereocenters. The Morgan fingerprint density at radius 1 is 0.619 bits per heavy atom. The van der Waals surface area contributed by atoms with Gasteiger partial charge in [-0.15, -0.1) is 4.78 Å². The molecule has 2 radical (unpaired) electrons. The maximum Gasteiger partial charge on any atom is 0.134 e. The molecule has 0 aliphatic heterocycles. The summed E-state index contributed by atoms with van der Waals surface area (Å²) in [6, 6.07) is 0. The van der Waals surface area contributed by atoms with Crippen molar-refractivity contribution in [3.05, 3.63) is 0 Å². The minimum Gasteiger partial charge on any atom is -0.244 e. The zero-order valence-corrected chi connectivity index (χ0v) is 14.3. The van der Waals surface area contributed by atoms with E-state index >= 15 is 0 Å². The third-order valence-electron chi connectivity index (χ3n) is 6.68. The lowest BCUT2D eigenvalue weighted by molar-refractivity contribution is 0.0164. The van der Waals surface area contributed by atoms with Crippen molar-refractivity contribution in [2.24, 2.45) is 23.7 Å². The van der Waals surface area contributed by atoms with Crippen molar-refractivity contribution in [1.82, 2.24) is 0 Å². The molecule has 0 spiro atoms. The monoisotopic (exact) mass is 310 g/mol. The van der Waals surface area contributed by atoms with Gasteiger partial charge in [0.05, 0.1) is 0 Å². The standard InChI is InChI=1S/C18H29F2.Al/c19-17-8-4-7-16(18(17)20)15-11-9-14(10-12-15)13-5-2-1-3-6-13;/h1,13-18H,2-12H2;. The topological polar surface area (TPSA) is 0 Å². The fourth-order valence-electron chi connectivity index (χ4n) is 5.29. The second-order valence-corrected chi connectivity index (χ2v) is 8.85. The first-order valence-electron chi connectivity index (χ1n) is 9.19. The largest absolute Gasteiger partial charge is 0.244 e. The van der Waals surface area contributed by atoms with E-state index in [-0.39, 0.29) is 5.92 Å². The smallest absolute Gasteiger partial charge is 0.134 e. The van der Waals surface area contributed by atoms with Gasteiger partial charge in [0.2, 0.25) is 0 Å². The molecule has 3 atom stereocenters. The molecule has 3 rings (SSSR count). The fourth-order valence-corrected chi connectivity index (χ4v) is 5.68. The molecule has 0 N–H and O–H groups in total. The second-order valence-electron chi connectivity index (χ2n) is 7.90. The predicted molar refractivity (Wildman–Crippen MR) is 84.0 cm³/mol. The van der Waals surface area contributed by atoms with Crippen LogP contribution in [0.15, 0.2) is 0 Å². The molecule has 0 bridgehead atoms. The molecule has 0 aromatic rings. The molecule has 0 nitrogen and oxygen atoms in total. The summed E-state index contributed by atoms with van der Waals surface area (Å²) in [5, 5.41) is 0.